The first-order valence-electron chi connectivity index (χ1n) is 7.37. The second-order valence-electron chi connectivity index (χ2n) is 4.48. The van der Waals surface area contributed by atoms with Gasteiger partial charge in [0.1, 0.15) is 11.3 Å². The van der Waals surface area contributed by atoms with Crippen LogP contribution in [0.2, 0.25) is 0 Å². The molecule has 1 aromatic rings. The van der Waals surface area contributed by atoms with Gasteiger partial charge in [-0.15, -0.1) is 0 Å². The lowest BCUT2D eigenvalue weighted by molar-refractivity contribution is -0.146. The van der Waals surface area contributed by atoms with Gasteiger partial charge in [0.15, 0.2) is 0 Å². The summed E-state index contributed by atoms with van der Waals surface area (Å²) in [5, 5.41) is 0. The monoisotopic (exact) mass is 323 g/mol. The number of carbonyl (C=O) groups excluding carboxylic acids is 3. The van der Waals surface area contributed by atoms with Crippen molar-refractivity contribution in [3.05, 3.63) is 28.6 Å². The largest absolute Gasteiger partial charge is 0.462 e. The molecule has 0 amide bonds. The summed E-state index contributed by atoms with van der Waals surface area (Å²) < 4.78 is 14.6. The van der Waals surface area contributed by atoms with Crippen molar-refractivity contribution in [2.75, 3.05) is 19.8 Å². The van der Waals surface area contributed by atoms with Gasteiger partial charge in [-0.05, 0) is 45.4 Å². The van der Waals surface area contributed by atoms with Crippen LogP contribution >= 0.6 is 0 Å². The molecule has 126 valence electrons. The molecule has 0 radical (unpaired) electrons. The number of esters is 3. The fraction of sp³-hybridized carbons (Fsp3) is 0.438. The van der Waals surface area contributed by atoms with E-state index in [1.807, 2.05) is 0 Å². The number of hydrogen-bond donors (Lipinski definition) is 1. The third-order valence-corrected chi connectivity index (χ3v) is 2.84. The number of ether oxygens (including phenoxy) is 3. The van der Waals surface area contributed by atoms with Gasteiger partial charge in [-0.1, -0.05) is 0 Å². The molecule has 23 heavy (non-hydrogen) atoms. The lowest BCUT2D eigenvalue weighted by Gasteiger charge is -2.06. The topological polar surface area (TPSA) is 94.7 Å². The van der Waals surface area contributed by atoms with E-state index in [9.17, 15) is 14.4 Å². The minimum absolute atomic E-state index is 0.135. The fourth-order valence-electron chi connectivity index (χ4n) is 1.82. The number of aromatic amines is 1. The normalized spacial score (nSPS) is 9.91. The lowest BCUT2D eigenvalue weighted by atomic mass is 10.1. The van der Waals surface area contributed by atoms with E-state index < -0.39 is 17.9 Å². The summed E-state index contributed by atoms with van der Waals surface area (Å²) in [5.74, 6) is -2.06. The maximum absolute atomic E-state index is 11.9. The van der Waals surface area contributed by atoms with Crippen LogP contribution in [0.25, 0.3) is 6.08 Å². The van der Waals surface area contributed by atoms with Crippen molar-refractivity contribution in [3.8, 4) is 0 Å². The predicted molar refractivity (Wildman–Crippen MR) is 82.7 cm³/mol. The van der Waals surface area contributed by atoms with Gasteiger partial charge >= 0.3 is 17.9 Å². The van der Waals surface area contributed by atoms with Gasteiger partial charge in [-0.3, -0.25) is 0 Å². The van der Waals surface area contributed by atoms with Crippen LogP contribution in [0.1, 0.15) is 42.5 Å². The number of rotatable bonds is 7. The van der Waals surface area contributed by atoms with E-state index in [2.05, 4.69) is 4.98 Å². The quantitative estimate of drug-likeness (QED) is 0.271. The van der Waals surface area contributed by atoms with E-state index in [0.29, 0.717) is 11.3 Å². The standard InChI is InChI=1S/C16H21NO6/c1-5-21-14(18)12(15(19)22-6-2)8-11-9-13(17-10(11)4)16(20)23-7-3/h8-9,17H,5-7H2,1-4H3. The molecule has 0 aliphatic rings. The highest BCUT2D eigenvalue weighted by Gasteiger charge is 2.22. The molecule has 0 spiro atoms. The molecule has 0 aliphatic heterocycles. The zero-order chi connectivity index (χ0) is 17.4. The van der Waals surface area contributed by atoms with Crippen molar-refractivity contribution in [2.45, 2.75) is 27.7 Å². The number of carbonyl (C=O) groups is 3. The summed E-state index contributed by atoms with van der Waals surface area (Å²) in [6, 6.07) is 1.51. The maximum atomic E-state index is 11.9. The second-order valence-corrected chi connectivity index (χ2v) is 4.48. The molecule has 0 unspecified atom stereocenters. The zero-order valence-corrected chi connectivity index (χ0v) is 13.7. The first kappa shape index (κ1) is 18.5. The van der Waals surface area contributed by atoms with Gasteiger partial charge in [-0.2, -0.15) is 0 Å². The highest BCUT2D eigenvalue weighted by Crippen LogP contribution is 2.17. The molecular weight excluding hydrogens is 302 g/mol. The average Bonchev–Trinajstić information content (AvgIpc) is 2.86. The van der Waals surface area contributed by atoms with Crippen molar-refractivity contribution in [2.24, 2.45) is 0 Å². The summed E-state index contributed by atoms with van der Waals surface area (Å²) in [6.45, 7) is 7.21. The highest BCUT2D eigenvalue weighted by molar-refractivity contribution is 6.17. The van der Waals surface area contributed by atoms with Gasteiger partial charge in [0.25, 0.3) is 0 Å². The van der Waals surface area contributed by atoms with Crippen LogP contribution in [0.15, 0.2) is 11.6 Å². The Morgan fingerprint density at radius 3 is 2.00 bits per heavy atom. The van der Waals surface area contributed by atoms with Crippen LogP contribution in [-0.2, 0) is 23.8 Å². The SMILES string of the molecule is CCOC(=O)C(=Cc1cc(C(=O)OCC)[nH]c1C)C(=O)OCC. The molecule has 0 saturated carbocycles. The Labute approximate surface area is 134 Å². The van der Waals surface area contributed by atoms with Gasteiger partial charge in [0.2, 0.25) is 0 Å². The first-order valence-corrected chi connectivity index (χ1v) is 7.37. The summed E-state index contributed by atoms with van der Waals surface area (Å²) in [6.07, 6.45) is 1.34. The molecule has 1 N–H and O–H groups in total. The predicted octanol–water partition coefficient (Wildman–Crippen LogP) is 2.01. The molecule has 1 aromatic heterocycles. The summed E-state index contributed by atoms with van der Waals surface area (Å²) in [7, 11) is 0. The van der Waals surface area contributed by atoms with Crippen LogP contribution in [-0.4, -0.2) is 42.7 Å². The lowest BCUT2D eigenvalue weighted by Crippen LogP contribution is -2.18. The van der Waals surface area contributed by atoms with E-state index in [0.717, 1.165) is 0 Å². The minimum Gasteiger partial charge on any atom is -0.462 e. The minimum atomic E-state index is -0.774. The summed E-state index contributed by atoms with van der Waals surface area (Å²) in [4.78, 5) is 38.4. The molecule has 0 aromatic carbocycles. The number of H-pyrrole nitrogens is 1. The molecule has 0 fully saturated rings. The second kappa shape index (κ2) is 8.77. The Balaban J connectivity index is 3.18. The molecular formula is C16H21NO6. The number of hydrogen-bond acceptors (Lipinski definition) is 6. The van der Waals surface area contributed by atoms with E-state index in [1.54, 1.807) is 27.7 Å². The number of nitrogens with one attached hydrogen (secondary N) is 1. The van der Waals surface area contributed by atoms with Gasteiger partial charge in [0.05, 0.1) is 19.8 Å². The molecule has 7 nitrogen and oxygen atoms in total. The van der Waals surface area contributed by atoms with E-state index in [1.165, 1.54) is 12.1 Å². The Hall–Kier alpha value is -2.57. The maximum Gasteiger partial charge on any atom is 0.354 e. The van der Waals surface area contributed by atoms with Crippen molar-refractivity contribution >= 4 is 24.0 Å². The van der Waals surface area contributed by atoms with Crippen molar-refractivity contribution in [1.29, 1.82) is 0 Å². The smallest absolute Gasteiger partial charge is 0.354 e. The third-order valence-electron chi connectivity index (χ3n) is 2.84. The van der Waals surface area contributed by atoms with Gasteiger partial charge in [0, 0.05) is 5.69 Å². The van der Waals surface area contributed by atoms with Crippen LogP contribution < -0.4 is 0 Å². The third kappa shape index (κ3) is 4.98. The summed E-state index contributed by atoms with van der Waals surface area (Å²) in [5.41, 5.74) is 1.12. The molecule has 7 heteroatoms. The zero-order valence-electron chi connectivity index (χ0n) is 13.7. The molecule has 0 aliphatic carbocycles. The Bertz CT molecular complexity index is 594. The number of aromatic nitrogens is 1. The van der Waals surface area contributed by atoms with Crippen molar-refractivity contribution in [3.63, 3.8) is 0 Å². The van der Waals surface area contributed by atoms with Crippen molar-refractivity contribution in [1.82, 2.24) is 4.98 Å². The first-order chi connectivity index (χ1) is 10.9. The van der Waals surface area contributed by atoms with Crippen molar-refractivity contribution < 1.29 is 28.6 Å². The molecule has 1 rings (SSSR count). The van der Waals surface area contributed by atoms with E-state index in [4.69, 9.17) is 14.2 Å². The number of aryl methyl sites for hydroxylation is 1. The Morgan fingerprint density at radius 2 is 1.52 bits per heavy atom. The van der Waals surface area contributed by atoms with E-state index in [-0.39, 0.29) is 31.1 Å². The van der Waals surface area contributed by atoms with Crippen LogP contribution in [0.4, 0.5) is 0 Å². The molecule has 0 saturated heterocycles. The van der Waals surface area contributed by atoms with Gasteiger partial charge < -0.3 is 19.2 Å². The molecule has 1 heterocycles. The highest BCUT2D eigenvalue weighted by atomic mass is 16.6. The summed E-state index contributed by atoms with van der Waals surface area (Å²) >= 11 is 0. The Morgan fingerprint density at radius 1 is 1.00 bits per heavy atom. The fourth-order valence-corrected chi connectivity index (χ4v) is 1.82. The molecule has 0 bridgehead atoms. The Kier molecular flexibility index (Phi) is 7.05. The van der Waals surface area contributed by atoms with Crippen LogP contribution in [0.3, 0.4) is 0 Å². The van der Waals surface area contributed by atoms with Gasteiger partial charge in [-0.25, -0.2) is 14.4 Å². The molecule has 0 atom stereocenters. The van der Waals surface area contributed by atoms with Crippen LogP contribution in [0.5, 0.6) is 0 Å². The van der Waals surface area contributed by atoms with E-state index >= 15 is 0 Å². The van der Waals surface area contributed by atoms with Crippen LogP contribution in [0, 0.1) is 6.92 Å². The average molecular weight is 323 g/mol.